The van der Waals surface area contributed by atoms with Crippen LogP contribution in [0.5, 0.6) is 0 Å². The maximum atomic E-state index is 6.23. The Kier molecular flexibility index (Phi) is 5.27. The Morgan fingerprint density at radius 1 is 0.864 bits per heavy atom. The zero-order valence-corrected chi connectivity index (χ0v) is 14.3. The molecular weight excluding hydrogens is 339 g/mol. The number of rotatable bonds is 3. The van der Waals surface area contributed by atoms with Crippen LogP contribution in [0, 0.1) is 0 Å². The van der Waals surface area contributed by atoms with Crippen molar-refractivity contribution in [2.45, 2.75) is 6.04 Å². The number of halogens is 3. The molecule has 1 aliphatic rings. The van der Waals surface area contributed by atoms with E-state index in [1.54, 1.807) is 0 Å². The first-order valence-corrected chi connectivity index (χ1v) is 8.44. The molecule has 0 aromatic heterocycles. The van der Waals surface area contributed by atoms with Crippen molar-refractivity contribution in [1.29, 1.82) is 0 Å². The highest BCUT2D eigenvalue weighted by atomic mass is 35.5. The lowest BCUT2D eigenvalue weighted by atomic mass is 9.96. The van der Waals surface area contributed by atoms with Gasteiger partial charge in [0.25, 0.3) is 0 Å². The van der Waals surface area contributed by atoms with Crippen LogP contribution in [0.3, 0.4) is 0 Å². The molecule has 2 aromatic carbocycles. The van der Waals surface area contributed by atoms with E-state index in [-0.39, 0.29) is 6.04 Å². The molecule has 22 heavy (non-hydrogen) atoms. The van der Waals surface area contributed by atoms with Gasteiger partial charge < -0.3 is 5.32 Å². The maximum absolute atomic E-state index is 6.23. The van der Waals surface area contributed by atoms with E-state index in [1.807, 2.05) is 36.4 Å². The van der Waals surface area contributed by atoms with Crippen molar-refractivity contribution in [3.8, 4) is 0 Å². The number of nitrogens with zero attached hydrogens (tertiary/aromatic N) is 1. The van der Waals surface area contributed by atoms with Crippen molar-refractivity contribution in [3.05, 3.63) is 68.7 Å². The third-order valence-corrected chi connectivity index (χ3v) is 4.91. The summed E-state index contributed by atoms with van der Waals surface area (Å²) >= 11 is 18.5. The molecule has 1 atom stereocenters. The van der Waals surface area contributed by atoms with E-state index < -0.39 is 0 Å². The van der Waals surface area contributed by atoms with Gasteiger partial charge in [0.1, 0.15) is 0 Å². The van der Waals surface area contributed by atoms with Crippen LogP contribution in [0.4, 0.5) is 0 Å². The van der Waals surface area contributed by atoms with E-state index in [2.05, 4.69) is 16.3 Å². The Balaban J connectivity index is 2.03. The highest BCUT2D eigenvalue weighted by Gasteiger charge is 2.24. The molecule has 1 unspecified atom stereocenters. The molecule has 0 aliphatic carbocycles. The van der Waals surface area contributed by atoms with Crippen molar-refractivity contribution in [2.75, 3.05) is 26.2 Å². The van der Waals surface area contributed by atoms with E-state index >= 15 is 0 Å². The smallest absolute Gasteiger partial charge is 0.0603 e. The van der Waals surface area contributed by atoms with Crippen LogP contribution in [0.15, 0.2) is 42.5 Å². The summed E-state index contributed by atoms with van der Waals surface area (Å²) in [5.74, 6) is 0. The summed E-state index contributed by atoms with van der Waals surface area (Å²) in [4.78, 5) is 2.45. The van der Waals surface area contributed by atoms with Crippen LogP contribution >= 0.6 is 34.8 Å². The molecule has 116 valence electrons. The molecule has 5 heteroatoms. The third-order valence-electron chi connectivity index (χ3n) is 3.94. The van der Waals surface area contributed by atoms with E-state index in [0.29, 0.717) is 10.0 Å². The minimum atomic E-state index is 0.135. The molecule has 0 radical (unpaired) electrons. The van der Waals surface area contributed by atoms with Gasteiger partial charge in [-0.3, -0.25) is 4.90 Å². The summed E-state index contributed by atoms with van der Waals surface area (Å²) in [6.45, 7) is 3.94. The Hall–Kier alpha value is -0.770. The predicted octanol–water partition coefficient (Wildman–Crippen LogP) is 4.64. The molecule has 1 heterocycles. The van der Waals surface area contributed by atoms with E-state index in [0.717, 1.165) is 36.8 Å². The second-order valence-electron chi connectivity index (χ2n) is 5.42. The number of hydrogen-bond donors (Lipinski definition) is 1. The normalized spacial score (nSPS) is 17.4. The van der Waals surface area contributed by atoms with Crippen LogP contribution in [-0.4, -0.2) is 31.1 Å². The van der Waals surface area contributed by atoms with Crippen LogP contribution < -0.4 is 5.32 Å². The molecule has 1 saturated heterocycles. The molecule has 2 nitrogen and oxygen atoms in total. The summed E-state index contributed by atoms with van der Waals surface area (Å²) in [6.07, 6.45) is 0. The fourth-order valence-electron chi connectivity index (χ4n) is 2.91. The Labute approximate surface area is 146 Å². The van der Waals surface area contributed by atoms with Gasteiger partial charge in [0.15, 0.2) is 0 Å². The first kappa shape index (κ1) is 16.1. The van der Waals surface area contributed by atoms with E-state index in [4.69, 9.17) is 34.8 Å². The fraction of sp³-hybridized carbons (Fsp3) is 0.294. The SMILES string of the molecule is Clc1cccc(C(c2ccc(Cl)c(Cl)c2)N2CCNCC2)c1. The van der Waals surface area contributed by atoms with E-state index in [1.165, 1.54) is 5.56 Å². The minimum Gasteiger partial charge on any atom is -0.314 e. The lowest BCUT2D eigenvalue weighted by Gasteiger charge is -2.35. The van der Waals surface area contributed by atoms with Gasteiger partial charge in [-0.2, -0.15) is 0 Å². The molecule has 0 bridgehead atoms. The van der Waals surface area contributed by atoms with Crippen LogP contribution in [-0.2, 0) is 0 Å². The second-order valence-corrected chi connectivity index (χ2v) is 6.67. The van der Waals surface area contributed by atoms with Gasteiger partial charge in [0, 0.05) is 31.2 Å². The molecule has 1 fully saturated rings. The molecule has 0 spiro atoms. The van der Waals surface area contributed by atoms with Gasteiger partial charge in [0.05, 0.1) is 16.1 Å². The lowest BCUT2D eigenvalue weighted by molar-refractivity contribution is 0.198. The highest BCUT2D eigenvalue weighted by molar-refractivity contribution is 6.42. The molecule has 3 rings (SSSR count). The molecular formula is C17H17Cl3N2. The summed E-state index contributed by atoms with van der Waals surface area (Å²) in [5, 5.41) is 5.30. The molecule has 2 aromatic rings. The zero-order valence-electron chi connectivity index (χ0n) is 12.0. The Bertz CT molecular complexity index is 654. The van der Waals surface area contributed by atoms with Crippen molar-refractivity contribution in [2.24, 2.45) is 0 Å². The summed E-state index contributed by atoms with van der Waals surface area (Å²) in [7, 11) is 0. The fourth-order valence-corrected chi connectivity index (χ4v) is 3.42. The molecule has 1 N–H and O–H groups in total. The number of benzene rings is 2. The van der Waals surface area contributed by atoms with Crippen molar-refractivity contribution in [3.63, 3.8) is 0 Å². The largest absolute Gasteiger partial charge is 0.314 e. The number of piperazine rings is 1. The summed E-state index contributed by atoms with van der Waals surface area (Å²) < 4.78 is 0. The van der Waals surface area contributed by atoms with E-state index in [9.17, 15) is 0 Å². The average Bonchev–Trinajstić information content (AvgIpc) is 2.52. The predicted molar refractivity (Wildman–Crippen MR) is 94.2 cm³/mol. The third kappa shape index (κ3) is 3.58. The second kappa shape index (κ2) is 7.20. The van der Waals surface area contributed by atoms with Crippen LogP contribution in [0.25, 0.3) is 0 Å². The van der Waals surface area contributed by atoms with Crippen LogP contribution in [0.1, 0.15) is 17.2 Å². The van der Waals surface area contributed by atoms with Gasteiger partial charge >= 0.3 is 0 Å². The van der Waals surface area contributed by atoms with Gasteiger partial charge in [-0.25, -0.2) is 0 Å². The first-order valence-electron chi connectivity index (χ1n) is 7.30. The van der Waals surface area contributed by atoms with Crippen molar-refractivity contribution in [1.82, 2.24) is 10.2 Å². The van der Waals surface area contributed by atoms with Gasteiger partial charge in [0.2, 0.25) is 0 Å². The molecule has 1 aliphatic heterocycles. The Morgan fingerprint density at radius 3 is 2.27 bits per heavy atom. The topological polar surface area (TPSA) is 15.3 Å². The highest BCUT2D eigenvalue weighted by Crippen LogP contribution is 2.33. The molecule has 0 saturated carbocycles. The van der Waals surface area contributed by atoms with Gasteiger partial charge in [-0.15, -0.1) is 0 Å². The van der Waals surface area contributed by atoms with Crippen LogP contribution in [0.2, 0.25) is 15.1 Å². The minimum absolute atomic E-state index is 0.135. The monoisotopic (exact) mass is 354 g/mol. The maximum Gasteiger partial charge on any atom is 0.0603 e. The number of nitrogens with one attached hydrogen (secondary N) is 1. The quantitative estimate of drug-likeness (QED) is 0.862. The standard InChI is InChI=1S/C17H17Cl3N2/c18-14-3-1-2-12(10-14)17(22-8-6-21-7-9-22)13-4-5-15(19)16(20)11-13/h1-5,10-11,17,21H,6-9H2. The average molecular weight is 356 g/mol. The summed E-state index contributed by atoms with van der Waals surface area (Å²) in [5.41, 5.74) is 2.31. The molecule has 0 amide bonds. The zero-order chi connectivity index (χ0) is 15.5. The van der Waals surface area contributed by atoms with Crippen molar-refractivity contribution < 1.29 is 0 Å². The summed E-state index contributed by atoms with van der Waals surface area (Å²) in [6, 6.07) is 14.0. The number of hydrogen-bond acceptors (Lipinski definition) is 2. The Morgan fingerprint density at radius 2 is 1.59 bits per heavy atom. The van der Waals surface area contributed by atoms with Gasteiger partial charge in [-0.05, 0) is 35.4 Å². The van der Waals surface area contributed by atoms with Crippen molar-refractivity contribution >= 4 is 34.8 Å². The van der Waals surface area contributed by atoms with Gasteiger partial charge in [-0.1, -0.05) is 53.0 Å². The lowest BCUT2D eigenvalue weighted by Crippen LogP contribution is -2.45. The first-order chi connectivity index (χ1) is 10.6.